The minimum absolute atomic E-state index is 0.0477. The summed E-state index contributed by atoms with van der Waals surface area (Å²) in [5.41, 5.74) is 2.92. The Morgan fingerprint density at radius 2 is 2.05 bits per heavy atom. The van der Waals surface area contributed by atoms with Gasteiger partial charge in [0.05, 0.1) is 16.6 Å². The number of nitrogens with zero attached hydrogens (tertiary/aromatic N) is 5. The molecule has 0 unspecified atom stereocenters. The van der Waals surface area contributed by atoms with Gasteiger partial charge in [-0.25, -0.2) is 19.0 Å². The third-order valence-electron chi connectivity index (χ3n) is 7.08. The van der Waals surface area contributed by atoms with Crippen molar-refractivity contribution in [3.8, 4) is 17.1 Å². The molecule has 1 atom stereocenters. The molecule has 1 N–H and O–H groups in total. The maximum absolute atomic E-state index is 14.5. The number of nitrogens with one attached hydrogen (secondary N) is 1. The van der Waals surface area contributed by atoms with E-state index < -0.39 is 17.4 Å². The molecule has 1 aliphatic heterocycles. The molecule has 3 heterocycles. The van der Waals surface area contributed by atoms with Crippen LogP contribution in [0.4, 0.5) is 4.39 Å². The topological polar surface area (TPSA) is 85.2 Å². The highest BCUT2D eigenvalue weighted by molar-refractivity contribution is 6.31. The number of carbonyl (C=O) groups is 1. The standard InChI is InChI=1S/C28H30ClFN6O2/c1-16-11-21(26-31-15-33-35(26)5)19-7-6-8-24(25(19)34-16)38-14-22-20(12-18(30)13-23(22)29)17(2)36-10-9-32-28(3,4)27(36)37/h6-8,11-13,15,17,32H,9-10,14H2,1-5H3/t17-/m0/s1. The SMILES string of the molecule is Cc1cc(-c2ncnn2C)c2cccc(OCc3c(Cl)cc(F)cc3[C@H](C)N3CCNC(C)(C)C3=O)c2n1. The van der Waals surface area contributed by atoms with Gasteiger partial charge in [0, 0.05) is 42.3 Å². The molecular weight excluding hydrogens is 507 g/mol. The Kier molecular flexibility index (Phi) is 6.83. The number of aromatic nitrogens is 4. The number of hydrogen-bond acceptors (Lipinski definition) is 6. The summed E-state index contributed by atoms with van der Waals surface area (Å²) in [6.45, 7) is 8.74. The summed E-state index contributed by atoms with van der Waals surface area (Å²) in [4.78, 5) is 24.1. The first-order chi connectivity index (χ1) is 18.1. The fourth-order valence-corrected chi connectivity index (χ4v) is 5.32. The van der Waals surface area contributed by atoms with E-state index in [9.17, 15) is 9.18 Å². The van der Waals surface area contributed by atoms with E-state index in [4.69, 9.17) is 21.3 Å². The molecule has 0 saturated carbocycles. The number of benzene rings is 2. The van der Waals surface area contributed by atoms with Gasteiger partial charge in [0.2, 0.25) is 5.91 Å². The quantitative estimate of drug-likeness (QED) is 0.374. The summed E-state index contributed by atoms with van der Waals surface area (Å²) in [5, 5.41) is 8.56. The average Bonchev–Trinajstić information content (AvgIpc) is 3.29. The van der Waals surface area contributed by atoms with E-state index in [0.717, 1.165) is 22.5 Å². The number of piperazine rings is 1. The number of fused-ring (bicyclic) bond motifs is 1. The van der Waals surface area contributed by atoms with Crippen molar-refractivity contribution >= 4 is 28.4 Å². The van der Waals surface area contributed by atoms with Crippen LogP contribution in [-0.2, 0) is 18.4 Å². The fraction of sp³-hybridized carbons (Fsp3) is 0.357. The molecule has 1 fully saturated rings. The molecular formula is C28H30ClFN6O2. The molecule has 1 aliphatic rings. The van der Waals surface area contributed by atoms with E-state index in [1.807, 2.05) is 59.0 Å². The number of carbonyl (C=O) groups excluding carboxylic acids is 1. The van der Waals surface area contributed by atoms with Crippen molar-refractivity contribution in [2.45, 2.75) is 45.9 Å². The Morgan fingerprint density at radius 1 is 1.26 bits per heavy atom. The van der Waals surface area contributed by atoms with Gasteiger partial charge in [0.1, 0.15) is 30.0 Å². The summed E-state index contributed by atoms with van der Waals surface area (Å²) in [5.74, 6) is 0.777. The number of para-hydroxylation sites is 1. The van der Waals surface area contributed by atoms with Gasteiger partial charge in [-0.1, -0.05) is 23.7 Å². The summed E-state index contributed by atoms with van der Waals surface area (Å²) < 4.78 is 22.6. The monoisotopic (exact) mass is 536 g/mol. The van der Waals surface area contributed by atoms with E-state index >= 15 is 0 Å². The third-order valence-corrected chi connectivity index (χ3v) is 7.42. The molecule has 1 saturated heterocycles. The molecule has 38 heavy (non-hydrogen) atoms. The Morgan fingerprint density at radius 3 is 2.79 bits per heavy atom. The molecule has 0 bridgehead atoms. The molecule has 0 aliphatic carbocycles. The average molecular weight is 537 g/mol. The predicted octanol–water partition coefficient (Wildman–Crippen LogP) is 4.98. The van der Waals surface area contributed by atoms with Crippen LogP contribution in [-0.4, -0.2) is 49.2 Å². The normalized spacial score (nSPS) is 16.2. The molecule has 8 nitrogen and oxygen atoms in total. The van der Waals surface area contributed by atoms with Gasteiger partial charge in [-0.05, 0) is 57.5 Å². The molecule has 198 valence electrons. The molecule has 5 rings (SSSR count). The van der Waals surface area contributed by atoms with Gasteiger partial charge >= 0.3 is 0 Å². The van der Waals surface area contributed by atoms with Crippen LogP contribution >= 0.6 is 11.6 Å². The Labute approximate surface area is 225 Å². The highest BCUT2D eigenvalue weighted by Crippen LogP contribution is 2.35. The second-order valence-corrected chi connectivity index (χ2v) is 10.5. The van der Waals surface area contributed by atoms with Crippen molar-refractivity contribution in [1.82, 2.24) is 30.0 Å². The van der Waals surface area contributed by atoms with Gasteiger partial charge in [0.15, 0.2) is 5.82 Å². The van der Waals surface area contributed by atoms with Crippen molar-refractivity contribution in [2.24, 2.45) is 7.05 Å². The second-order valence-electron chi connectivity index (χ2n) is 10.1. The van der Waals surface area contributed by atoms with Gasteiger partial charge in [0.25, 0.3) is 0 Å². The zero-order chi connectivity index (χ0) is 27.2. The minimum Gasteiger partial charge on any atom is -0.487 e. The van der Waals surface area contributed by atoms with Crippen LogP contribution in [0.15, 0.2) is 42.7 Å². The van der Waals surface area contributed by atoms with Crippen LogP contribution in [0, 0.1) is 12.7 Å². The van der Waals surface area contributed by atoms with E-state index in [2.05, 4.69) is 15.4 Å². The van der Waals surface area contributed by atoms with E-state index in [0.29, 0.717) is 35.5 Å². The Bertz CT molecular complexity index is 1540. The number of ether oxygens (including phenoxy) is 1. The van der Waals surface area contributed by atoms with Crippen LogP contribution in [0.3, 0.4) is 0 Å². The van der Waals surface area contributed by atoms with E-state index in [-0.39, 0.29) is 17.5 Å². The number of halogens is 2. The Hall–Kier alpha value is -3.56. The molecule has 4 aromatic rings. The number of aryl methyl sites for hydroxylation is 2. The second kappa shape index (κ2) is 9.96. The van der Waals surface area contributed by atoms with E-state index in [1.54, 1.807) is 9.58 Å². The molecule has 2 aromatic heterocycles. The van der Waals surface area contributed by atoms with Gasteiger partial charge in [-0.3, -0.25) is 4.79 Å². The van der Waals surface area contributed by atoms with Crippen LogP contribution < -0.4 is 10.1 Å². The van der Waals surface area contributed by atoms with Crippen LogP contribution in [0.5, 0.6) is 5.75 Å². The first-order valence-corrected chi connectivity index (χ1v) is 12.9. The summed E-state index contributed by atoms with van der Waals surface area (Å²) in [7, 11) is 1.84. The molecule has 0 radical (unpaired) electrons. The summed E-state index contributed by atoms with van der Waals surface area (Å²) in [6, 6.07) is 10.00. The Balaban J connectivity index is 1.51. The fourth-order valence-electron chi connectivity index (χ4n) is 5.05. The summed E-state index contributed by atoms with van der Waals surface area (Å²) >= 11 is 6.56. The smallest absolute Gasteiger partial charge is 0.242 e. The van der Waals surface area contributed by atoms with Crippen LogP contribution in [0.25, 0.3) is 22.3 Å². The van der Waals surface area contributed by atoms with Crippen LogP contribution in [0.2, 0.25) is 5.02 Å². The lowest BCUT2D eigenvalue weighted by atomic mass is 9.95. The molecule has 10 heteroatoms. The van der Waals surface area contributed by atoms with Crippen LogP contribution in [0.1, 0.15) is 43.6 Å². The van der Waals surface area contributed by atoms with Crippen molar-refractivity contribution in [3.63, 3.8) is 0 Å². The highest BCUT2D eigenvalue weighted by Gasteiger charge is 2.38. The van der Waals surface area contributed by atoms with E-state index in [1.165, 1.54) is 18.5 Å². The van der Waals surface area contributed by atoms with Gasteiger partial charge in [-0.2, -0.15) is 5.10 Å². The molecule has 1 amide bonds. The number of amides is 1. The first kappa shape index (κ1) is 26.1. The predicted molar refractivity (Wildman–Crippen MR) is 144 cm³/mol. The number of rotatable bonds is 6. The lowest BCUT2D eigenvalue weighted by Gasteiger charge is -2.41. The maximum Gasteiger partial charge on any atom is 0.242 e. The largest absolute Gasteiger partial charge is 0.487 e. The van der Waals surface area contributed by atoms with Crippen molar-refractivity contribution in [1.29, 1.82) is 0 Å². The van der Waals surface area contributed by atoms with Crippen molar-refractivity contribution in [3.05, 3.63) is 70.4 Å². The number of hydrogen-bond donors (Lipinski definition) is 1. The lowest BCUT2D eigenvalue weighted by Crippen LogP contribution is -2.61. The lowest BCUT2D eigenvalue weighted by molar-refractivity contribution is -0.142. The molecule has 2 aromatic carbocycles. The van der Waals surface area contributed by atoms with Crippen molar-refractivity contribution < 1.29 is 13.9 Å². The number of pyridine rings is 1. The highest BCUT2D eigenvalue weighted by atomic mass is 35.5. The first-order valence-electron chi connectivity index (χ1n) is 12.5. The zero-order valence-electron chi connectivity index (χ0n) is 22.0. The zero-order valence-corrected chi connectivity index (χ0v) is 22.8. The van der Waals surface area contributed by atoms with Gasteiger partial charge in [-0.15, -0.1) is 0 Å². The van der Waals surface area contributed by atoms with Crippen molar-refractivity contribution in [2.75, 3.05) is 13.1 Å². The minimum atomic E-state index is -0.701. The summed E-state index contributed by atoms with van der Waals surface area (Å²) in [6.07, 6.45) is 1.51. The van der Waals surface area contributed by atoms with Gasteiger partial charge < -0.3 is 15.0 Å². The maximum atomic E-state index is 14.5. The molecule has 0 spiro atoms. The third kappa shape index (κ3) is 4.72.